The molecule has 3 heterocycles. The molecule has 2 aliphatic heterocycles. The van der Waals surface area contributed by atoms with Crippen molar-refractivity contribution < 1.29 is 23.4 Å². The van der Waals surface area contributed by atoms with Crippen LogP contribution in [0.1, 0.15) is 59.9 Å². The number of anilines is 2. The fourth-order valence-electron chi connectivity index (χ4n) is 5.11. The van der Waals surface area contributed by atoms with Crippen LogP contribution in [0, 0.1) is 6.92 Å². The normalized spacial score (nSPS) is 18.3. The van der Waals surface area contributed by atoms with E-state index in [1.165, 1.54) is 0 Å². The van der Waals surface area contributed by atoms with Gasteiger partial charge in [0.2, 0.25) is 0 Å². The molecule has 2 atom stereocenters. The van der Waals surface area contributed by atoms with E-state index in [0.29, 0.717) is 31.2 Å². The maximum absolute atomic E-state index is 12.3. The van der Waals surface area contributed by atoms with Crippen molar-refractivity contribution in [3.05, 3.63) is 29.8 Å². The molecule has 4 rings (SSSR count). The number of piperazine rings is 1. The Hall–Kier alpha value is -2.93. The number of amides is 1. The molecular weight excluding hydrogens is 600 g/mol. The van der Waals surface area contributed by atoms with E-state index in [1.54, 1.807) is 0 Å². The summed E-state index contributed by atoms with van der Waals surface area (Å²) in [5, 5.41) is 9.93. The highest BCUT2D eigenvalue weighted by molar-refractivity contribution is 6.74. The first-order valence-corrected chi connectivity index (χ1v) is 19.6. The second kappa shape index (κ2) is 15.3. The molecule has 2 aromatic rings. The van der Waals surface area contributed by atoms with Gasteiger partial charge in [-0.15, -0.1) is 0 Å². The van der Waals surface area contributed by atoms with E-state index < -0.39 is 14.4 Å². The first-order chi connectivity index (χ1) is 21.6. The second-order valence-electron chi connectivity index (χ2n) is 14.9. The van der Waals surface area contributed by atoms with Crippen molar-refractivity contribution in [2.24, 2.45) is 0 Å². The lowest BCUT2D eigenvalue weighted by atomic mass is 10.1. The predicted octanol–water partition coefficient (Wildman–Crippen LogP) is 5.75. The van der Waals surface area contributed by atoms with Crippen LogP contribution in [-0.4, -0.2) is 94.7 Å². The van der Waals surface area contributed by atoms with Gasteiger partial charge in [-0.1, -0.05) is 32.9 Å². The fraction of sp³-hybridized carbons (Fsp3) is 0.676. The Balaban J connectivity index is 1.52. The number of carbonyl (C=O) groups excluding carboxylic acids is 1. The number of hydrogen-bond acceptors (Lipinski definition) is 10. The number of rotatable bonds is 12. The van der Waals surface area contributed by atoms with E-state index in [0.717, 1.165) is 62.0 Å². The molecule has 11 nitrogen and oxygen atoms in total. The van der Waals surface area contributed by atoms with Crippen LogP contribution in [-0.2, 0) is 13.9 Å². The van der Waals surface area contributed by atoms with E-state index in [1.807, 2.05) is 45.0 Å². The van der Waals surface area contributed by atoms with Crippen LogP contribution in [0.4, 0.5) is 16.4 Å². The Bertz CT molecular complexity index is 1300. The van der Waals surface area contributed by atoms with Gasteiger partial charge in [-0.3, -0.25) is 0 Å². The zero-order chi connectivity index (χ0) is 33.5. The number of nitrogens with one attached hydrogen (secondary N) is 3. The van der Waals surface area contributed by atoms with E-state index in [2.05, 4.69) is 61.6 Å². The van der Waals surface area contributed by atoms with E-state index in [4.69, 9.17) is 28.6 Å². The Morgan fingerprint density at radius 3 is 2.54 bits per heavy atom. The first-order valence-electron chi connectivity index (χ1n) is 16.7. The second-order valence-corrected chi connectivity index (χ2v) is 19.7. The lowest BCUT2D eigenvalue weighted by molar-refractivity contribution is 0.0766. The van der Waals surface area contributed by atoms with Crippen molar-refractivity contribution in [1.82, 2.24) is 20.6 Å². The van der Waals surface area contributed by atoms with Crippen molar-refractivity contribution in [2.75, 3.05) is 62.8 Å². The van der Waals surface area contributed by atoms with Gasteiger partial charge in [0.15, 0.2) is 14.1 Å². The number of ether oxygens (including phenoxy) is 3. The van der Waals surface area contributed by atoms with E-state index in [-0.39, 0.29) is 29.3 Å². The average molecular weight is 657 g/mol. The maximum atomic E-state index is 12.3. The van der Waals surface area contributed by atoms with Gasteiger partial charge >= 0.3 is 6.09 Å². The Labute approximate surface area is 276 Å². The third kappa shape index (κ3) is 10.3. The summed E-state index contributed by atoms with van der Waals surface area (Å²) in [6.07, 6.45) is 0.806. The van der Waals surface area contributed by atoms with Crippen LogP contribution in [0.3, 0.4) is 0 Å². The van der Waals surface area contributed by atoms with Gasteiger partial charge in [0.25, 0.3) is 0 Å². The topological polar surface area (TPSA) is 119 Å². The summed E-state index contributed by atoms with van der Waals surface area (Å²) in [6, 6.07) is 8.16. The van der Waals surface area contributed by atoms with Gasteiger partial charge < -0.3 is 39.5 Å². The molecule has 46 heavy (non-hydrogen) atoms. The standard InChI is InChI=1S/C34H56N6O5Si/c1-24-29(36-26-13-19-42-22-26)37-30(38-31(24)40-17-15-35-16-18-40)25-11-10-12-27(21-25)44-23-28(45-46(8,9)34(5,6)7)14-20-43-32(41)39-33(2,3)4/h10-12,21,26,28,35H,13-20,22-23H2,1-9H3,(H,39,41)(H,36,37,38)/t26-,28?/m1/s1. The summed E-state index contributed by atoms with van der Waals surface area (Å²) in [7, 11) is -2.12. The summed E-state index contributed by atoms with van der Waals surface area (Å²) < 4.78 is 24.2. The molecule has 2 fully saturated rings. The quantitative estimate of drug-likeness (QED) is 0.244. The molecule has 2 saturated heterocycles. The molecule has 0 radical (unpaired) electrons. The minimum Gasteiger partial charge on any atom is -0.491 e. The maximum Gasteiger partial charge on any atom is 0.407 e. The summed E-state index contributed by atoms with van der Waals surface area (Å²) >= 11 is 0. The van der Waals surface area contributed by atoms with E-state index >= 15 is 0 Å². The highest BCUT2D eigenvalue weighted by atomic mass is 28.4. The average Bonchev–Trinajstić information content (AvgIpc) is 3.49. The molecule has 3 N–H and O–H groups in total. The SMILES string of the molecule is Cc1c(N[C@@H]2CCOC2)nc(-c2cccc(OCC(CCOC(=O)NC(C)(C)C)O[Si](C)(C)C(C)(C)C)c2)nc1N1CCNCC1. The summed E-state index contributed by atoms with van der Waals surface area (Å²) in [4.78, 5) is 24.7. The summed E-state index contributed by atoms with van der Waals surface area (Å²) in [6.45, 7) is 24.6. The van der Waals surface area contributed by atoms with Gasteiger partial charge in [-0.05, 0) is 64.4 Å². The van der Waals surface area contributed by atoms with Gasteiger partial charge in [0, 0.05) is 55.9 Å². The number of benzene rings is 1. The first kappa shape index (κ1) is 35.9. The van der Waals surface area contributed by atoms with Crippen molar-refractivity contribution in [3.63, 3.8) is 0 Å². The van der Waals surface area contributed by atoms with Crippen molar-refractivity contribution in [2.45, 2.75) is 97.1 Å². The summed E-state index contributed by atoms with van der Waals surface area (Å²) in [5.74, 6) is 3.16. The highest BCUT2D eigenvalue weighted by Gasteiger charge is 2.39. The Kier molecular flexibility index (Phi) is 12.0. The molecular formula is C34H56N6O5Si. The number of aromatic nitrogens is 2. The molecule has 0 aliphatic carbocycles. The van der Waals surface area contributed by atoms with Crippen LogP contribution < -0.4 is 25.6 Å². The number of nitrogens with zero attached hydrogens (tertiary/aromatic N) is 3. The predicted molar refractivity (Wildman–Crippen MR) is 187 cm³/mol. The molecule has 0 saturated carbocycles. The van der Waals surface area contributed by atoms with Gasteiger partial charge in [0.1, 0.15) is 24.0 Å². The molecule has 0 spiro atoms. The lowest BCUT2D eigenvalue weighted by Crippen LogP contribution is -2.46. The molecule has 2 aliphatic rings. The van der Waals surface area contributed by atoms with Crippen LogP contribution in [0.15, 0.2) is 24.3 Å². The summed E-state index contributed by atoms with van der Waals surface area (Å²) in [5.41, 5.74) is 1.56. The van der Waals surface area contributed by atoms with Gasteiger partial charge in [-0.2, -0.15) is 0 Å². The molecule has 1 aromatic heterocycles. The number of alkyl carbamates (subject to hydrolysis) is 1. The monoisotopic (exact) mass is 656 g/mol. The van der Waals surface area contributed by atoms with Gasteiger partial charge in [0.05, 0.1) is 25.4 Å². The van der Waals surface area contributed by atoms with Crippen LogP contribution in [0.25, 0.3) is 11.4 Å². The molecule has 256 valence electrons. The van der Waals surface area contributed by atoms with Crippen LogP contribution in [0.2, 0.25) is 18.1 Å². The molecule has 0 bridgehead atoms. The third-order valence-corrected chi connectivity index (χ3v) is 13.3. The minimum atomic E-state index is -2.12. The van der Waals surface area contributed by atoms with Gasteiger partial charge in [-0.25, -0.2) is 14.8 Å². The van der Waals surface area contributed by atoms with Crippen molar-refractivity contribution >= 4 is 26.0 Å². The molecule has 1 amide bonds. The molecule has 12 heteroatoms. The fourth-order valence-corrected chi connectivity index (χ4v) is 6.48. The van der Waals surface area contributed by atoms with Crippen molar-refractivity contribution in [1.29, 1.82) is 0 Å². The number of carbonyl (C=O) groups is 1. The molecule has 1 aromatic carbocycles. The Morgan fingerprint density at radius 1 is 1.15 bits per heavy atom. The third-order valence-electron chi connectivity index (χ3n) is 8.75. The largest absolute Gasteiger partial charge is 0.491 e. The zero-order valence-electron chi connectivity index (χ0n) is 29.4. The zero-order valence-corrected chi connectivity index (χ0v) is 30.4. The molecule has 1 unspecified atom stereocenters. The van der Waals surface area contributed by atoms with Crippen LogP contribution >= 0.6 is 0 Å². The number of hydrogen-bond donors (Lipinski definition) is 3. The van der Waals surface area contributed by atoms with E-state index in [9.17, 15) is 4.79 Å². The Morgan fingerprint density at radius 2 is 1.89 bits per heavy atom. The smallest absolute Gasteiger partial charge is 0.407 e. The lowest BCUT2D eigenvalue weighted by Gasteiger charge is -2.39. The van der Waals surface area contributed by atoms with Crippen molar-refractivity contribution in [3.8, 4) is 17.1 Å². The minimum absolute atomic E-state index is 0.0247. The van der Waals surface area contributed by atoms with Crippen LogP contribution in [0.5, 0.6) is 5.75 Å². The highest BCUT2D eigenvalue weighted by Crippen LogP contribution is 2.38.